The van der Waals surface area contributed by atoms with Crippen molar-refractivity contribution < 1.29 is 27.5 Å². The molecule has 0 bridgehead atoms. The molecule has 3 atom stereocenters. The molecule has 0 radical (unpaired) electrons. The number of carbonyl (C=O) groups is 2. The summed E-state index contributed by atoms with van der Waals surface area (Å²) in [5.41, 5.74) is -0.525. The van der Waals surface area contributed by atoms with Crippen molar-refractivity contribution in [3.8, 4) is 0 Å². The van der Waals surface area contributed by atoms with Gasteiger partial charge >= 0.3 is 5.97 Å². The van der Waals surface area contributed by atoms with Crippen molar-refractivity contribution in [2.45, 2.75) is 25.8 Å². The summed E-state index contributed by atoms with van der Waals surface area (Å²) in [5, 5.41) is 0. The van der Waals surface area contributed by atoms with Crippen LogP contribution in [0.15, 0.2) is 36.4 Å². The lowest BCUT2D eigenvalue weighted by Crippen LogP contribution is -2.58. The molecule has 136 valence electrons. The van der Waals surface area contributed by atoms with Crippen molar-refractivity contribution in [3.63, 3.8) is 0 Å². The lowest BCUT2D eigenvalue weighted by atomic mass is 10.0. The Kier molecular flexibility index (Phi) is 5.84. The van der Waals surface area contributed by atoms with E-state index in [9.17, 15) is 22.8 Å². The summed E-state index contributed by atoms with van der Waals surface area (Å²) in [6, 6.07) is 5.71. The number of Topliss-reactive ketones (excluding diaryl/α,β-unsaturated/α-hetero) is 1. The first-order valence-electron chi connectivity index (χ1n) is 7.70. The number of hydrogen-bond donors (Lipinski definition) is 0. The van der Waals surface area contributed by atoms with E-state index in [0.717, 1.165) is 11.9 Å². The molecule has 1 aromatic rings. The van der Waals surface area contributed by atoms with Gasteiger partial charge < -0.3 is 9.64 Å². The summed E-state index contributed by atoms with van der Waals surface area (Å²) in [5.74, 6) is -1.68. The molecule has 3 unspecified atom stereocenters. The van der Waals surface area contributed by atoms with Crippen LogP contribution < -0.4 is 4.90 Å². The second-order valence-electron chi connectivity index (χ2n) is 5.54. The molecule has 5 nitrogen and oxygen atoms in total. The Hall–Kier alpha value is -2.35. The number of ether oxygens (including phenoxy) is 1. The lowest BCUT2D eigenvalue weighted by molar-refractivity contribution is -0.138. The number of esters is 1. The van der Waals surface area contributed by atoms with E-state index in [-0.39, 0.29) is 17.9 Å². The molecule has 1 aromatic carbocycles. The predicted molar refractivity (Wildman–Crippen MR) is 86.3 cm³/mol. The van der Waals surface area contributed by atoms with Gasteiger partial charge in [-0.15, -0.1) is 0 Å². The number of ketones is 1. The summed E-state index contributed by atoms with van der Waals surface area (Å²) < 4.78 is 47.0. The van der Waals surface area contributed by atoms with Gasteiger partial charge in [0, 0.05) is 5.56 Å². The highest BCUT2D eigenvalue weighted by atomic mass is 19.2. The Morgan fingerprint density at radius 3 is 2.52 bits per heavy atom. The number of hydrogen-bond acceptors (Lipinski definition) is 5. The maximum Gasteiger partial charge on any atom is 0.341 e. The quantitative estimate of drug-likeness (QED) is 0.203. The topological polar surface area (TPSA) is 49.9 Å². The van der Waals surface area contributed by atoms with Gasteiger partial charge in [-0.25, -0.2) is 22.9 Å². The third-order valence-corrected chi connectivity index (χ3v) is 3.96. The average Bonchev–Trinajstić information content (AvgIpc) is 2.62. The molecule has 0 amide bonds. The standard InChI is InChI=1S/C17H19F3N2O3/c1-4-25-17(24)10(2)14(23)11-7-5-6-8-12(11)22-9-13(18)21(3)15(19)16(22)20/h5-8,13,15-16H,2,4,9H2,1,3H3. The zero-order valence-electron chi connectivity index (χ0n) is 13.9. The van der Waals surface area contributed by atoms with E-state index in [1.807, 2.05) is 0 Å². The molecule has 8 heteroatoms. The minimum atomic E-state index is -2.19. The predicted octanol–water partition coefficient (Wildman–Crippen LogP) is 2.63. The summed E-state index contributed by atoms with van der Waals surface area (Å²) in [7, 11) is 1.14. The molecular weight excluding hydrogens is 337 g/mol. The van der Waals surface area contributed by atoms with Gasteiger partial charge in [0.05, 0.1) is 18.8 Å². The molecule has 0 saturated carbocycles. The van der Waals surface area contributed by atoms with Crippen LogP contribution in [0.25, 0.3) is 0 Å². The summed E-state index contributed by atoms with van der Waals surface area (Å²) in [6.45, 7) is 4.57. The first kappa shape index (κ1) is 19.0. The van der Waals surface area contributed by atoms with Crippen LogP contribution in [-0.4, -0.2) is 55.7 Å². The maximum absolute atomic E-state index is 14.4. The lowest BCUT2D eigenvalue weighted by Gasteiger charge is -2.42. The fraction of sp³-hybridized carbons (Fsp3) is 0.412. The SMILES string of the molecule is C=C(C(=O)OCC)C(=O)c1ccccc1N1CC(F)N(C)C(F)C1F. The zero-order valence-corrected chi connectivity index (χ0v) is 13.9. The molecule has 1 fully saturated rings. The highest BCUT2D eigenvalue weighted by molar-refractivity contribution is 6.25. The number of rotatable bonds is 5. The van der Waals surface area contributed by atoms with Gasteiger partial charge in [0.15, 0.2) is 6.30 Å². The van der Waals surface area contributed by atoms with Crippen LogP contribution in [0.5, 0.6) is 0 Å². The number of alkyl halides is 3. The fourth-order valence-electron chi connectivity index (χ4n) is 2.51. The molecule has 0 aliphatic carbocycles. The van der Waals surface area contributed by atoms with Crippen LogP contribution in [0.4, 0.5) is 18.9 Å². The van der Waals surface area contributed by atoms with Crippen LogP contribution in [0, 0.1) is 0 Å². The first-order chi connectivity index (χ1) is 11.8. The van der Waals surface area contributed by atoms with Crippen molar-refractivity contribution in [2.24, 2.45) is 0 Å². The van der Waals surface area contributed by atoms with Gasteiger partial charge in [0.2, 0.25) is 18.4 Å². The van der Waals surface area contributed by atoms with Crippen molar-refractivity contribution >= 4 is 17.4 Å². The smallest absolute Gasteiger partial charge is 0.341 e. The van der Waals surface area contributed by atoms with Crippen LogP contribution >= 0.6 is 0 Å². The minimum Gasteiger partial charge on any atom is -0.462 e. The number of nitrogens with zero attached hydrogens (tertiary/aromatic N) is 2. The molecule has 25 heavy (non-hydrogen) atoms. The van der Waals surface area contributed by atoms with Gasteiger partial charge in [0.1, 0.15) is 5.57 Å². The van der Waals surface area contributed by atoms with Crippen LogP contribution in [0.2, 0.25) is 0 Å². The Labute approximate surface area is 143 Å². The third kappa shape index (κ3) is 3.68. The molecule has 1 heterocycles. The Bertz CT molecular complexity index is 683. The van der Waals surface area contributed by atoms with Gasteiger partial charge in [-0.05, 0) is 26.1 Å². The van der Waals surface area contributed by atoms with Crippen molar-refractivity contribution in [1.82, 2.24) is 4.90 Å². The Morgan fingerprint density at radius 1 is 1.24 bits per heavy atom. The van der Waals surface area contributed by atoms with E-state index < -0.39 is 42.8 Å². The van der Waals surface area contributed by atoms with Gasteiger partial charge in [-0.3, -0.25) is 4.79 Å². The van der Waals surface area contributed by atoms with Gasteiger partial charge in [-0.1, -0.05) is 18.7 Å². The number of anilines is 1. The largest absolute Gasteiger partial charge is 0.462 e. The number of halogens is 3. The average molecular weight is 356 g/mol. The van der Waals surface area contributed by atoms with Crippen LogP contribution in [0.1, 0.15) is 17.3 Å². The molecule has 2 rings (SSSR count). The van der Waals surface area contributed by atoms with E-state index in [1.165, 1.54) is 24.3 Å². The Balaban J connectivity index is 2.36. The van der Waals surface area contributed by atoms with Crippen LogP contribution in [-0.2, 0) is 9.53 Å². The zero-order chi connectivity index (χ0) is 18.7. The highest BCUT2D eigenvalue weighted by Crippen LogP contribution is 2.32. The third-order valence-electron chi connectivity index (χ3n) is 3.96. The number of likely N-dealkylation sites (N-methyl/N-ethyl adjacent to an activating group) is 1. The molecule has 0 aromatic heterocycles. The van der Waals surface area contributed by atoms with Gasteiger partial charge in [-0.2, -0.15) is 0 Å². The molecule has 1 aliphatic heterocycles. The van der Waals surface area contributed by atoms with Crippen molar-refractivity contribution in [1.29, 1.82) is 0 Å². The molecule has 1 aliphatic rings. The number of piperazine rings is 1. The monoisotopic (exact) mass is 356 g/mol. The van der Waals surface area contributed by atoms with E-state index in [0.29, 0.717) is 4.90 Å². The molecule has 0 N–H and O–H groups in total. The molecule has 1 saturated heterocycles. The highest BCUT2D eigenvalue weighted by Gasteiger charge is 2.42. The molecular formula is C17H19F3N2O3. The fourth-order valence-corrected chi connectivity index (χ4v) is 2.51. The Morgan fingerprint density at radius 2 is 1.88 bits per heavy atom. The van der Waals surface area contributed by atoms with Crippen molar-refractivity contribution in [2.75, 3.05) is 25.1 Å². The van der Waals surface area contributed by atoms with Crippen molar-refractivity contribution in [3.05, 3.63) is 42.0 Å². The van der Waals surface area contributed by atoms with E-state index in [2.05, 4.69) is 6.58 Å². The second-order valence-corrected chi connectivity index (χ2v) is 5.54. The summed E-state index contributed by atoms with van der Waals surface area (Å²) >= 11 is 0. The molecule has 0 spiro atoms. The number of benzene rings is 1. The van der Waals surface area contributed by atoms with E-state index in [1.54, 1.807) is 6.92 Å². The first-order valence-corrected chi connectivity index (χ1v) is 7.70. The minimum absolute atomic E-state index is 0.0103. The summed E-state index contributed by atoms with van der Waals surface area (Å²) in [4.78, 5) is 25.7. The van der Waals surface area contributed by atoms with Crippen LogP contribution in [0.3, 0.4) is 0 Å². The van der Waals surface area contributed by atoms with E-state index >= 15 is 0 Å². The number of carbonyl (C=O) groups excluding carboxylic acids is 2. The van der Waals surface area contributed by atoms with E-state index in [4.69, 9.17) is 4.74 Å². The second kappa shape index (κ2) is 7.69. The normalized spacial score (nSPS) is 24.0. The summed E-state index contributed by atoms with van der Waals surface area (Å²) in [6.07, 6.45) is -6.11. The number of para-hydroxylation sites is 1. The maximum atomic E-state index is 14.4. The van der Waals surface area contributed by atoms with Gasteiger partial charge in [0.25, 0.3) is 0 Å².